The molecule has 2 aromatic heterocycles. The Labute approximate surface area is 124 Å². The van der Waals surface area contributed by atoms with Gasteiger partial charge >= 0.3 is 0 Å². The molecule has 2 aromatic rings. The van der Waals surface area contributed by atoms with Crippen LogP contribution in [0.15, 0.2) is 30.5 Å². The van der Waals surface area contributed by atoms with Crippen LogP contribution in [0.5, 0.6) is 0 Å². The molecule has 0 saturated carbocycles. The van der Waals surface area contributed by atoms with Gasteiger partial charge in [0.25, 0.3) is 5.91 Å². The second-order valence-electron chi connectivity index (χ2n) is 5.95. The topological polar surface area (TPSA) is 46.8 Å². The quantitative estimate of drug-likeness (QED) is 0.869. The van der Waals surface area contributed by atoms with Gasteiger partial charge in [0.2, 0.25) is 0 Å². The third kappa shape index (κ3) is 2.93. The van der Waals surface area contributed by atoms with E-state index >= 15 is 0 Å². The van der Waals surface area contributed by atoms with Gasteiger partial charge in [-0.15, -0.1) is 0 Å². The van der Waals surface area contributed by atoms with Gasteiger partial charge in [0.05, 0.1) is 24.4 Å². The maximum Gasteiger partial charge on any atom is 0.272 e. The zero-order chi connectivity index (χ0) is 14.8. The Bertz CT molecular complexity index is 635. The number of aromatic nitrogens is 2. The third-order valence-corrected chi connectivity index (χ3v) is 3.80. The molecule has 5 heteroatoms. The van der Waals surface area contributed by atoms with Crippen molar-refractivity contribution in [2.45, 2.75) is 26.4 Å². The van der Waals surface area contributed by atoms with Crippen molar-refractivity contribution in [1.29, 1.82) is 0 Å². The lowest BCUT2D eigenvalue weighted by molar-refractivity contribution is -0.0300. The predicted octanol–water partition coefficient (Wildman–Crippen LogP) is 2.22. The van der Waals surface area contributed by atoms with Gasteiger partial charge < -0.3 is 9.64 Å². The van der Waals surface area contributed by atoms with Crippen molar-refractivity contribution in [3.63, 3.8) is 0 Å². The zero-order valence-corrected chi connectivity index (χ0v) is 12.5. The number of fused-ring (bicyclic) bond motifs is 1. The highest BCUT2D eigenvalue weighted by atomic mass is 16.5. The van der Waals surface area contributed by atoms with Crippen LogP contribution in [0.3, 0.4) is 0 Å². The molecule has 0 unspecified atom stereocenters. The molecule has 1 saturated heterocycles. The number of amides is 1. The van der Waals surface area contributed by atoms with E-state index in [0.717, 1.165) is 11.9 Å². The number of nitrogens with zero attached hydrogens (tertiary/aromatic N) is 3. The maximum absolute atomic E-state index is 12.8. The molecule has 0 aromatic carbocycles. The van der Waals surface area contributed by atoms with Crippen LogP contribution in [0, 0.1) is 5.92 Å². The van der Waals surface area contributed by atoms with E-state index < -0.39 is 0 Å². The lowest BCUT2D eigenvalue weighted by Gasteiger charge is -2.33. The highest BCUT2D eigenvalue weighted by molar-refractivity contribution is 5.93. The van der Waals surface area contributed by atoms with Gasteiger partial charge in [0.15, 0.2) is 0 Å². The molecule has 1 aliphatic rings. The van der Waals surface area contributed by atoms with E-state index in [0.29, 0.717) is 31.3 Å². The maximum atomic E-state index is 12.8. The fourth-order valence-electron chi connectivity index (χ4n) is 2.85. The van der Waals surface area contributed by atoms with Gasteiger partial charge in [-0.05, 0) is 30.5 Å². The fourth-order valence-corrected chi connectivity index (χ4v) is 2.85. The number of rotatable bonds is 3. The summed E-state index contributed by atoms with van der Waals surface area (Å²) in [5.41, 5.74) is 1.55. The molecule has 0 radical (unpaired) electrons. The van der Waals surface area contributed by atoms with Crippen LogP contribution in [0.2, 0.25) is 0 Å². The van der Waals surface area contributed by atoms with Crippen molar-refractivity contribution >= 4 is 11.4 Å². The minimum absolute atomic E-state index is 0.0290. The molecular weight excluding hydrogens is 266 g/mol. The first-order valence-corrected chi connectivity index (χ1v) is 7.49. The molecule has 1 atom stereocenters. The average Bonchev–Trinajstić information content (AvgIpc) is 2.94. The molecule has 0 N–H and O–H groups in total. The van der Waals surface area contributed by atoms with Gasteiger partial charge in [0, 0.05) is 13.1 Å². The molecule has 1 fully saturated rings. The number of carbonyl (C=O) groups is 1. The monoisotopic (exact) mass is 287 g/mol. The normalized spacial score (nSPS) is 19.4. The summed E-state index contributed by atoms with van der Waals surface area (Å²) < 4.78 is 7.46. The number of carbonyl (C=O) groups excluding carboxylic acids is 1. The standard InChI is InChI=1S/C16H21N3O2/c1-12(2)10-14-11-18(8-9-21-14)16(20)15-5-3-4-13-6-7-17-19(13)15/h3-7,12,14H,8-11H2,1-2H3/t14-/m0/s1. The van der Waals surface area contributed by atoms with Gasteiger partial charge in [-0.3, -0.25) is 4.79 Å². The zero-order valence-electron chi connectivity index (χ0n) is 12.5. The molecule has 0 bridgehead atoms. The first-order valence-electron chi connectivity index (χ1n) is 7.49. The molecule has 0 aliphatic carbocycles. The van der Waals surface area contributed by atoms with Crippen LogP contribution in [0.4, 0.5) is 0 Å². The Hall–Kier alpha value is -1.88. The van der Waals surface area contributed by atoms with Crippen molar-refractivity contribution in [2.75, 3.05) is 19.7 Å². The lowest BCUT2D eigenvalue weighted by atomic mass is 10.0. The van der Waals surface area contributed by atoms with Crippen molar-refractivity contribution in [2.24, 2.45) is 5.92 Å². The Balaban J connectivity index is 1.80. The lowest BCUT2D eigenvalue weighted by Crippen LogP contribution is -2.46. The second-order valence-corrected chi connectivity index (χ2v) is 5.95. The molecule has 21 heavy (non-hydrogen) atoms. The largest absolute Gasteiger partial charge is 0.375 e. The van der Waals surface area contributed by atoms with E-state index in [1.807, 2.05) is 29.2 Å². The van der Waals surface area contributed by atoms with Crippen molar-refractivity contribution in [3.8, 4) is 0 Å². The van der Waals surface area contributed by atoms with Crippen LogP contribution in [-0.4, -0.2) is 46.2 Å². The first kappa shape index (κ1) is 14.1. The molecule has 3 rings (SSSR count). The summed E-state index contributed by atoms with van der Waals surface area (Å²) in [7, 11) is 0. The van der Waals surface area contributed by atoms with E-state index in [4.69, 9.17) is 4.74 Å². The van der Waals surface area contributed by atoms with Gasteiger partial charge in [0.1, 0.15) is 5.69 Å². The summed E-state index contributed by atoms with van der Waals surface area (Å²) in [5.74, 6) is 0.598. The Morgan fingerprint density at radius 1 is 1.43 bits per heavy atom. The summed E-state index contributed by atoms with van der Waals surface area (Å²) in [5, 5.41) is 4.24. The third-order valence-electron chi connectivity index (χ3n) is 3.80. The minimum atomic E-state index is 0.0290. The SMILES string of the molecule is CC(C)C[C@H]1CN(C(=O)c2cccc3ccnn23)CCO1. The average molecular weight is 287 g/mol. The van der Waals surface area contributed by atoms with E-state index in [-0.39, 0.29) is 12.0 Å². The van der Waals surface area contributed by atoms with E-state index in [1.54, 1.807) is 10.7 Å². The summed E-state index contributed by atoms with van der Waals surface area (Å²) >= 11 is 0. The Morgan fingerprint density at radius 2 is 2.29 bits per heavy atom. The highest BCUT2D eigenvalue weighted by Gasteiger charge is 2.26. The molecular formula is C16H21N3O2. The van der Waals surface area contributed by atoms with E-state index in [1.165, 1.54) is 0 Å². The summed E-state index contributed by atoms with van der Waals surface area (Å²) in [6, 6.07) is 7.58. The minimum Gasteiger partial charge on any atom is -0.375 e. The smallest absolute Gasteiger partial charge is 0.272 e. The van der Waals surface area contributed by atoms with Crippen LogP contribution in [0.25, 0.3) is 5.52 Å². The molecule has 0 spiro atoms. The molecule has 1 amide bonds. The van der Waals surface area contributed by atoms with Crippen LogP contribution >= 0.6 is 0 Å². The van der Waals surface area contributed by atoms with E-state index in [9.17, 15) is 4.79 Å². The number of hydrogen-bond acceptors (Lipinski definition) is 3. The summed E-state index contributed by atoms with van der Waals surface area (Å²) in [6.45, 7) is 6.27. The Kier molecular flexibility index (Phi) is 3.92. The summed E-state index contributed by atoms with van der Waals surface area (Å²) in [4.78, 5) is 14.6. The number of hydrogen-bond donors (Lipinski definition) is 0. The van der Waals surface area contributed by atoms with Gasteiger partial charge in [-0.2, -0.15) is 5.10 Å². The number of morpholine rings is 1. The van der Waals surface area contributed by atoms with Gasteiger partial charge in [-0.1, -0.05) is 19.9 Å². The predicted molar refractivity (Wildman–Crippen MR) is 80.3 cm³/mol. The molecule has 112 valence electrons. The number of ether oxygens (including phenoxy) is 1. The van der Waals surface area contributed by atoms with Crippen LogP contribution < -0.4 is 0 Å². The molecule has 5 nitrogen and oxygen atoms in total. The van der Waals surface area contributed by atoms with Crippen molar-refractivity contribution in [1.82, 2.24) is 14.5 Å². The van der Waals surface area contributed by atoms with Crippen LogP contribution in [0.1, 0.15) is 30.8 Å². The second kappa shape index (κ2) is 5.85. The van der Waals surface area contributed by atoms with Crippen molar-refractivity contribution in [3.05, 3.63) is 36.2 Å². The molecule has 3 heterocycles. The number of pyridine rings is 1. The Morgan fingerprint density at radius 3 is 3.10 bits per heavy atom. The highest BCUT2D eigenvalue weighted by Crippen LogP contribution is 2.16. The van der Waals surface area contributed by atoms with Gasteiger partial charge in [-0.25, -0.2) is 4.52 Å². The van der Waals surface area contributed by atoms with E-state index in [2.05, 4.69) is 18.9 Å². The van der Waals surface area contributed by atoms with Crippen molar-refractivity contribution < 1.29 is 9.53 Å². The van der Waals surface area contributed by atoms with Crippen LogP contribution in [-0.2, 0) is 4.74 Å². The first-order chi connectivity index (χ1) is 10.1. The summed E-state index contributed by atoms with van der Waals surface area (Å²) in [6.07, 6.45) is 2.84. The molecule has 1 aliphatic heterocycles. The fraction of sp³-hybridized carbons (Fsp3) is 0.500.